The number of hydrogen-bond acceptors (Lipinski definition) is 3. The summed E-state index contributed by atoms with van der Waals surface area (Å²) in [7, 11) is 0. The third-order valence-electron chi connectivity index (χ3n) is 4.77. The Morgan fingerprint density at radius 2 is 2.10 bits per heavy atom. The van der Waals surface area contributed by atoms with E-state index in [1.165, 1.54) is 0 Å². The molecule has 4 atom stereocenters. The summed E-state index contributed by atoms with van der Waals surface area (Å²) in [5.74, 6) is 0.207. The molecule has 0 bridgehead atoms. The highest BCUT2D eigenvalue weighted by atomic mass is 16.5. The van der Waals surface area contributed by atoms with Gasteiger partial charge in [-0.05, 0) is 31.6 Å². The summed E-state index contributed by atoms with van der Waals surface area (Å²) in [4.78, 5) is 26.9. The van der Waals surface area contributed by atoms with Crippen molar-refractivity contribution in [2.24, 2.45) is 5.92 Å². The lowest BCUT2D eigenvalue weighted by molar-refractivity contribution is -0.154. The van der Waals surface area contributed by atoms with Crippen LogP contribution in [-0.4, -0.2) is 48.1 Å². The number of carbonyl (C=O) groups excluding carboxylic acids is 2. The second-order valence-corrected chi connectivity index (χ2v) is 6.28. The third kappa shape index (κ3) is 3.57. The second kappa shape index (κ2) is 7.25. The van der Waals surface area contributed by atoms with Crippen LogP contribution >= 0.6 is 0 Å². The minimum Gasteiger partial charge on any atom is -0.376 e. The quantitative estimate of drug-likeness (QED) is 0.840. The van der Waals surface area contributed by atoms with Crippen LogP contribution in [0.5, 0.6) is 0 Å². The highest BCUT2D eigenvalue weighted by Gasteiger charge is 2.42. The number of carbonyl (C=O) groups is 2. The lowest BCUT2D eigenvalue weighted by atomic mass is 9.92. The van der Waals surface area contributed by atoms with E-state index in [-0.39, 0.29) is 35.9 Å². The lowest BCUT2D eigenvalue weighted by Gasteiger charge is -2.43. The molecule has 0 aromatic rings. The topological polar surface area (TPSA) is 58.6 Å². The smallest absolute Gasteiger partial charge is 0.245 e. The summed E-state index contributed by atoms with van der Waals surface area (Å²) in [5.41, 5.74) is 0. The molecule has 21 heavy (non-hydrogen) atoms. The predicted molar refractivity (Wildman–Crippen MR) is 80.8 cm³/mol. The average molecular weight is 296 g/mol. The zero-order chi connectivity index (χ0) is 15.4. The highest BCUT2D eigenvalue weighted by Crippen LogP contribution is 2.23. The average Bonchev–Trinajstić information content (AvgIpc) is 2.51. The number of rotatable bonds is 5. The summed E-state index contributed by atoms with van der Waals surface area (Å²) in [5, 5.41) is 2.88. The van der Waals surface area contributed by atoms with E-state index >= 15 is 0 Å². The zero-order valence-corrected chi connectivity index (χ0v) is 13.4. The molecule has 2 heterocycles. The van der Waals surface area contributed by atoms with Gasteiger partial charge in [-0.3, -0.25) is 9.59 Å². The zero-order valence-electron chi connectivity index (χ0n) is 13.4. The number of piperazine rings is 1. The molecular formula is C16H28N2O3. The van der Waals surface area contributed by atoms with Crippen LogP contribution in [0.25, 0.3) is 0 Å². The van der Waals surface area contributed by atoms with Crippen LogP contribution in [-0.2, 0) is 14.3 Å². The molecule has 0 aliphatic carbocycles. The van der Waals surface area contributed by atoms with Gasteiger partial charge in [-0.15, -0.1) is 0 Å². The van der Waals surface area contributed by atoms with E-state index in [4.69, 9.17) is 4.74 Å². The van der Waals surface area contributed by atoms with Crippen molar-refractivity contribution in [3.63, 3.8) is 0 Å². The molecule has 5 heteroatoms. The largest absolute Gasteiger partial charge is 0.376 e. The van der Waals surface area contributed by atoms with Crippen molar-refractivity contribution in [3.05, 3.63) is 0 Å². The summed E-state index contributed by atoms with van der Waals surface area (Å²) in [6.07, 6.45) is 4.82. The van der Waals surface area contributed by atoms with Gasteiger partial charge in [0.2, 0.25) is 11.8 Å². The van der Waals surface area contributed by atoms with Gasteiger partial charge in [-0.25, -0.2) is 0 Å². The van der Waals surface area contributed by atoms with Crippen molar-refractivity contribution in [1.29, 1.82) is 0 Å². The van der Waals surface area contributed by atoms with Crippen molar-refractivity contribution in [2.45, 2.75) is 71.1 Å². The SMILES string of the molecule is CCC1NC(=O)C(C(C)CC)N(CC2CCCCO2)C1=O. The van der Waals surface area contributed by atoms with Gasteiger partial charge in [0.15, 0.2) is 0 Å². The van der Waals surface area contributed by atoms with Crippen LogP contribution in [0.3, 0.4) is 0 Å². The van der Waals surface area contributed by atoms with E-state index in [1.54, 1.807) is 4.90 Å². The molecular weight excluding hydrogens is 268 g/mol. The maximum absolute atomic E-state index is 12.7. The molecule has 120 valence electrons. The highest BCUT2D eigenvalue weighted by molar-refractivity contribution is 5.97. The fraction of sp³-hybridized carbons (Fsp3) is 0.875. The summed E-state index contributed by atoms with van der Waals surface area (Å²) in [6.45, 7) is 7.35. The van der Waals surface area contributed by atoms with Crippen LogP contribution in [0.1, 0.15) is 52.9 Å². The first-order chi connectivity index (χ1) is 10.1. The van der Waals surface area contributed by atoms with E-state index in [0.29, 0.717) is 13.0 Å². The van der Waals surface area contributed by atoms with E-state index < -0.39 is 0 Å². The Kier molecular flexibility index (Phi) is 5.62. The second-order valence-electron chi connectivity index (χ2n) is 6.28. The molecule has 1 N–H and O–H groups in total. The fourth-order valence-electron chi connectivity index (χ4n) is 3.24. The maximum Gasteiger partial charge on any atom is 0.245 e. The van der Waals surface area contributed by atoms with E-state index in [9.17, 15) is 9.59 Å². The molecule has 5 nitrogen and oxygen atoms in total. The van der Waals surface area contributed by atoms with Crippen molar-refractivity contribution < 1.29 is 14.3 Å². The van der Waals surface area contributed by atoms with Gasteiger partial charge < -0.3 is 15.0 Å². The molecule has 2 fully saturated rings. The standard InChI is InChI=1S/C16H28N2O3/c1-4-11(3)14-15(19)17-13(5-2)16(20)18(14)10-12-8-6-7-9-21-12/h11-14H,4-10H2,1-3H3,(H,17,19). The number of amides is 2. The molecule has 0 spiro atoms. The van der Waals surface area contributed by atoms with Crippen molar-refractivity contribution in [2.75, 3.05) is 13.2 Å². The molecule has 0 aromatic heterocycles. The van der Waals surface area contributed by atoms with Crippen LogP contribution in [0.15, 0.2) is 0 Å². The molecule has 0 aromatic carbocycles. The minimum atomic E-state index is -0.374. The number of hydrogen-bond donors (Lipinski definition) is 1. The molecule has 2 amide bonds. The third-order valence-corrected chi connectivity index (χ3v) is 4.77. The first kappa shape index (κ1) is 16.3. The van der Waals surface area contributed by atoms with Gasteiger partial charge in [0.1, 0.15) is 12.1 Å². The Hall–Kier alpha value is -1.10. The molecule has 4 unspecified atom stereocenters. The first-order valence-electron chi connectivity index (χ1n) is 8.30. The Balaban J connectivity index is 2.15. The summed E-state index contributed by atoms with van der Waals surface area (Å²) in [6, 6.07) is -0.725. The van der Waals surface area contributed by atoms with Gasteiger partial charge in [0.25, 0.3) is 0 Å². The molecule has 2 aliphatic rings. The number of ether oxygens (including phenoxy) is 1. The maximum atomic E-state index is 12.7. The predicted octanol–water partition coefficient (Wildman–Crippen LogP) is 1.71. The fourth-order valence-corrected chi connectivity index (χ4v) is 3.24. The van der Waals surface area contributed by atoms with Crippen LogP contribution in [0.4, 0.5) is 0 Å². The van der Waals surface area contributed by atoms with E-state index in [0.717, 1.165) is 32.3 Å². The van der Waals surface area contributed by atoms with Crippen LogP contribution < -0.4 is 5.32 Å². The van der Waals surface area contributed by atoms with Crippen LogP contribution in [0.2, 0.25) is 0 Å². The molecule has 0 radical (unpaired) electrons. The molecule has 2 rings (SSSR count). The Morgan fingerprint density at radius 1 is 1.33 bits per heavy atom. The molecule has 0 saturated carbocycles. The van der Waals surface area contributed by atoms with Gasteiger partial charge in [0, 0.05) is 13.2 Å². The monoisotopic (exact) mass is 296 g/mol. The minimum absolute atomic E-state index is 0.00777. The Bertz CT molecular complexity index is 380. The van der Waals surface area contributed by atoms with Gasteiger partial charge in [-0.1, -0.05) is 27.2 Å². The van der Waals surface area contributed by atoms with Crippen molar-refractivity contribution in [1.82, 2.24) is 10.2 Å². The van der Waals surface area contributed by atoms with E-state index in [2.05, 4.69) is 12.2 Å². The van der Waals surface area contributed by atoms with Gasteiger partial charge in [0.05, 0.1) is 6.10 Å². The first-order valence-corrected chi connectivity index (χ1v) is 8.30. The summed E-state index contributed by atoms with van der Waals surface area (Å²) >= 11 is 0. The summed E-state index contributed by atoms with van der Waals surface area (Å²) < 4.78 is 5.77. The normalized spacial score (nSPS) is 32.0. The number of nitrogens with one attached hydrogen (secondary N) is 1. The number of nitrogens with zero attached hydrogens (tertiary/aromatic N) is 1. The van der Waals surface area contributed by atoms with Crippen molar-refractivity contribution >= 4 is 11.8 Å². The van der Waals surface area contributed by atoms with Gasteiger partial charge in [-0.2, -0.15) is 0 Å². The van der Waals surface area contributed by atoms with Crippen molar-refractivity contribution in [3.8, 4) is 0 Å². The van der Waals surface area contributed by atoms with Gasteiger partial charge >= 0.3 is 0 Å². The molecule has 2 aliphatic heterocycles. The van der Waals surface area contributed by atoms with E-state index in [1.807, 2.05) is 13.8 Å². The van der Waals surface area contributed by atoms with Crippen LogP contribution in [0, 0.1) is 5.92 Å². The molecule has 2 saturated heterocycles. The Labute approximate surface area is 127 Å². The lowest BCUT2D eigenvalue weighted by Crippen LogP contribution is -2.66. The Morgan fingerprint density at radius 3 is 2.67 bits per heavy atom.